The van der Waals surface area contributed by atoms with Crippen LogP contribution >= 0.6 is 11.6 Å². The molecule has 3 aromatic carbocycles. The first-order valence-corrected chi connectivity index (χ1v) is 12.0. The molecule has 0 radical (unpaired) electrons. The highest BCUT2D eigenvalue weighted by Crippen LogP contribution is 2.35. The van der Waals surface area contributed by atoms with Crippen LogP contribution in [-0.2, 0) is 13.2 Å². The van der Waals surface area contributed by atoms with Crippen LogP contribution in [0.25, 0.3) is 17.2 Å². The summed E-state index contributed by atoms with van der Waals surface area (Å²) in [7, 11) is 0. The van der Waals surface area contributed by atoms with E-state index in [1.54, 1.807) is 18.3 Å². The molecular formula is C31H25ClN2O3. The Balaban J connectivity index is 1.57. The second kappa shape index (κ2) is 11.6. The van der Waals surface area contributed by atoms with Gasteiger partial charge in [-0.1, -0.05) is 60.7 Å². The number of halogens is 1. The molecule has 0 unspecified atom stereocenters. The fraction of sp³-hybridized carbons (Fsp3) is 0.129. The van der Waals surface area contributed by atoms with Crippen LogP contribution in [0.2, 0.25) is 5.02 Å². The van der Waals surface area contributed by atoms with Gasteiger partial charge in [0.1, 0.15) is 30.8 Å². The Morgan fingerprint density at radius 2 is 1.68 bits per heavy atom. The summed E-state index contributed by atoms with van der Waals surface area (Å²) in [6.07, 6.45) is 5.63. The number of rotatable bonds is 9. The maximum Gasteiger partial charge on any atom is 0.153 e. The second-order valence-corrected chi connectivity index (χ2v) is 8.93. The Hall–Kier alpha value is -4.40. The predicted molar refractivity (Wildman–Crippen MR) is 146 cm³/mol. The lowest BCUT2D eigenvalue weighted by Gasteiger charge is -2.17. The summed E-state index contributed by atoms with van der Waals surface area (Å²) in [5.74, 6) is 0.736. The van der Waals surface area contributed by atoms with E-state index in [4.69, 9.17) is 26.3 Å². The van der Waals surface area contributed by atoms with Crippen LogP contribution in [0.4, 0.5) is 0 Å². The van der Waals surface area contributed by atoms with Gasteiger partial charge in [0, 0.05) is 24.0 Å². The van der Waals surface area contributed by atoms with Crippen molar-refractivity contribution in [3.8, 4) is 28.7 Å². The first kappa shape index (κ1) is 25.7. The molecule has 0 aliphatic heterocycles. The molecule has 6 heteroatoms. The van der Waals surface area contributed by atoms with Crippen molar-refractivity contribution in [3.05, 3.63) is 118 Å². The zero-order valence-electron chi connectivity index (χ0n) is 20.6. The first-order chi connectivity index (χ1) is 17.9. The van der Waals surface area contributed by atoms with E-state index in [2.05, 4.69) is 43.6 Å². The van der Waals surface area contributed by atoms with E-state index in [-0.39, 0.29) is 13.2 Å². The molecule has 4 aromatic rings. The highest BCUT2D eigenvalue weighted by molar-refractivity contribution is 6.32. The lowest BCUT2D eigenvalue weighted by molar-refractivity contribution is 0.111. The van der Waals surface area contributed by atoms with E-state index in [9.17, 15) is 4.79 Å². The minimum atomic E-state index is 0.134. The Morgan fingerprint density at radius 1 is 0.946 bits per heavy atom. The predicted octanol–water partition coefficient (Wildman–Crippen LogP) is 7.50. The maximum absolute atomic E-state index is 11.6. The summed E-state index contributed by atoms with van der Waals surface area (Å²) in [5, 5.41) is 9.39. The molecular weight excluding hydrogens is 484 g/mol. The van der Waals surface area contributed by atoms with Crippen molar-refractivity contribution in [1.29, 1.82) is 5.26 Å². The molecule has 4 rings (SSSR count). The topological polar surface area (TPSA) is 72.2 Å². The molecule has 0 saturated carbocycles. The average molecular weight is 509 g/mol. The van der Waals surface area contributed by atoms with E-state index < -0.39 is 0 Å². The average Bonchev–Trinajstić information content (AvgIpc) is 2.92. The summed E-state index contributed by atoms with van der Waals surface area (Å²) >= 11 is 6.43. The van der Waals surface area contributed by atoms with Crippen molar-refractivity contribution in [2.24, 2.45) is 0 Å². The zero-order valence-corrected chi connectivity index (χ0v) is 21.4. The smallest absolute Gasteiger partial charge is 0.153 e. The third-order valence-electron chi connectivity index (χ3n) is 6.22. The van der Waals surface area contributed by atoms with Gasteiger partial charge in [0.2, 0.25) is 0 Å². The van der Waals surface area contributed by atoms with Gasteiger partial charge in [0.25, 0.3) is 0 Å². The molecule has 0 aliphatic carbocycles. The molecule has 0 N–H and O–H groups in total. The van der Waals surface area contributed by atoms with E-state index >= 15 is 0 Å². The van der Waals surface area contributed by atoms with Crippen LogP contribution in [0.5, 0.6) is 11.5 Å². The lowest BCUT2D eigenvalue weighted by Crippen LogP contribution is -2.03. The van der Waals surface area contributed by atoms with Crippen molar-refractivity contribution < 1.29 is 14.3 Å². The van der Waals surface area contributed by atoms with Crippen LogP contribution in [0.15, 0.2) is 73.6 Å². The van der Waals surface area contributed by atoms with Gasteiger partial charge in [0.15, 0.2) is 6.29 Å². The van der Waals surface area contributed by atoms with Crippen molar-refractivity contribution in [2.45, 2.75) is 27.1 Å². The van der Waals surface area contributed by atoms with Gasteiger partial charge < -0.3 is 9.47 Å². The summed E-state index contributed by atoms with van der Waals surface area (Å²) in [6, 6.07) is 19.2. The lowest BCUT2D eigenvalue weighted by atomic mass is 9.91. The molecule has 0 atom stereocenters. The van der Waals surface area contributed by atoms with Gasteiger partial charge in [0.05, 0.1) is 16.1 Å². The van der Waals surface area contributed by atoms with Crippen LogP contribution in [0.3, 0.4) is 0 Å². The number of pyridine rings is 1. The van der Waals surface area contributed by atoms with Crippen LogP contribution in [-0.4, -0.2) is 11.3 Å². The number of carbonyl (C=O) groups excluding carboxylic acids is 1. The summed E-state index contributed by atoms with van der Waals surface area (Å²) in [4.78, 5) is 15.7. The molecule has 37 heavy (non-hydrogen) atoms. The molecule has 1 heterocycles. The number of nitrogens with zero attached hydrogens (tertiary/aromatic N) is 2. The molecule has 184 valence electrons. The standard InChI is InChI=1S/C31H25ClN2O3/c1-4-24-7-5-9-27(20(24)2)28-10-6-8-25(21(28)3)19-37-31-13-30(26(17-35)12-29(31)32)36-18-23-11-22(14-33)15-34-16-23/h4-13,15-17H,1,18-19H2,2-3H3. The van der Waals surface area contributed by atoms with Gasteiger partial charge in [-0.05, 0) is 59.4 Å². The zero-order chi connectivity index (χ0) is 26.4. The number of hydrogen-bond acceptors (Lipinski definition) is 5. The molecule has 0 aliphatic rings. The Morgan fingerprint density at radius 3 is 2.41 bits per heavy atom. The molecule has 0 fully saturated rings. The molecule has 0 amide bonds. The molecule has 1 aromatic heterocycles. The Labute approximate surface area is 221 Å². The van der Waals surface area contributed by atoms with Gasteiger partial charge in [-0.3, -0.25) is 9.78 Å². The van der Waals surface area contributed by atoms with Gasteiger partial charge >= 0.3 is 0 Å². The summed E-state index contributed by atoms with van der Waals surface area (Å²) < 4.78 is 12.0. The number of benzene rings is 3. The molecule has 0 spiro atoms. The van der Waals surface area contributed by atoms with E-state index in [0.717, 1.165) is 27.8 Å². The largest absolute Gasteiger partial charge is 0.488 e. The highest BCUT2D eigenvalue weighted by atomic mass is 35.5. The van der Waals surface area contributed by atoms with Gasteiger partial charge in [-0.2, -0.15) is 5.26 Å². The minimum absolute atomic E-state index is 0.134. The minimum Gasteiger partial charge on any atom is -0.488 e. The summed E-state index contributed by atoms with van der Waals surface area (Å²) in [6.45, 7) is 8.50. The number of hydrogen-bond donors (Lipinski definition) is 0. The second-order valence-electron chi connectivity index (χ2n) is 8.52. The molecule has 0 bridgehead atoms. The first-order valence-electron chi connectivity index (χ1n) is 11.6. The maximum atomic E-state index is 11.6. The Kier molecular flexibility index (Phi) is 8.02. The van der Waals surface area contributed by atoms with Crippen molar-refractivity contribution in [2.75, 3.05) is 0 Å². The fourth-order valence-electron chi connectivity index (χ4n) is 4.12. The van der Waals surface area contributed by atoms with E-state index in [1.807, 2.05) is 30.3 Å². The van der Waals surface area contributed by atoms with E-state index in [0.29, 0.717) is 39.5 Å². The summed E-state index contributed by atoms with van der Waals surface area (Å²) in [5.41, 5.74) is 8.10. The number of aldehydes is 1. The fourth-order valence-corrected chi connectivity index (χ4v) is 4.35. The monoisotopic (exact) mass is 508 g/mol. The van der Waals surface area contributed by atoms with Crippen LogP contribution in [0, 0.1) is 25.2 Å². The quantitative estimate of drug-likeness (QED) is 0.219. The highest BCUT2D eigenvalue weighted by Gasteiger charge is 2.14. The van der Waals surface area contributed by atoms with Gasteiger partial charge in [-0.25, -0.2) is 0 Å². The number of carbonyl (C=O) groups is 1. The van der Waals surface area contributed by atoms with Crippen molar-refractivity contribution in [1.82, 2.24) is 4.98 Å². The molecule has 5 nitrogen and oxygen atoms in total. The third-order valence-corrected chi connectivity index (χ3v) is 6.52. The van der Waals surface area contributed by atoms with Crippen LogP contribution < -0.4 is 9.47 Å². The molecule has 0 saturated heterocycles. The number of nitriles is 1. The third kappa shape index (κ3) is 5.72. The normalized spacial score (nSPS) is 10.4. The Bertz CT molecular complexity index is 1520. The van der Waals surface area contributed by atoms with Crippen LogP contribution in [0.1, 0.15) is 43.7 Å². The van der Waals surface area contributed by atoms with Crippen molar-refractivity contribution >= 4 is 24.0 Å². The SMILES string of the molecule is C=Cc1cccc(-c2cccc(COc3cc(OCc4cncc(C#N)c4)c(C=O)cc3Cl)c2C)c1C. The van der Waals surface area contributed by atoms with Crippen molar-refractivity contribution in [3.63, 3.8) is 0 Å². The van der Waals surface area contributed by atoms with E-state index in [1.165, 1.54) is 17.8 Å². The number of aromatic nitrogens is 1. The van der Waals surface area contributed by atoms with Gasteiger partial charge in [-0.15, -0.1) is 0 Å². The number of ether oxygens (including phenoxy) is 2.